The maximum atomic E-state index is 4.39. The summed E-state index contributed by atoms with van der Waals surface area (Å²) in [5.74, 6) is 3.63. The second kappa shape index (κ2) is 4.94. The van der Waals surface area contributed by atoms with Crippen molar-refractivity contribution in [2.24, 2.45) is 5.41 Å². The summed E-state index contributed by atoms with van der Waals surface area (Å²) < 4.78 is 0. The van der Waals surface area contributed by atoms with Crippen molar-refractivity contribution >= 4 is 24.4 Å². The van der Waals surface area contributed by atoms with Crippen molar-refractivity contribution < 1.29 is 0 Å². The van der Waals surface area contributed by atoms with Crippen molar-refractivity contribution in [3.63, 3.8) is 0 Å². The number of thiol groups is 1. The zero-order valence-corrected chi connectivity index (χ0v) is 10.6. The summed E-state index contributed by atoms with van der Waals surface area (Å²) in [4.78, 5) is 2.51. The summed E-state index contributed by atoms with van der Waals surface area (Å²) in [7, 11) is 2.25. The summed E-state index contributed by atoms with van der Waals surface area (Å²) in [5.41, 5.74) is 0.352. The van der Waals surface area contributed by atoms with Crippen LogP contribution in [0.5, 0.6) is 0 Å². The molecule has 1 fully saturated rings. The average molecular weight is 219 g/mol. The van der Waals surface area contributed by atoms with Gasteiger partial charge in [0.15, 0.2) is 0 Å². The molecule has 0 aromatic carbocycles. The fourth-order valence-corrected chi connectivity index (χ4v) is 3.12. The zero-order valence-electron chi connectivity index (χ0n) is 8.92. The van der Waals surface area contributed by atoms with Crippen LogP contribution in [0.15, 0.2) is 0 Å². The van der Waals surface area contributed by atoms with Crippen LogP contribution in [0.3, 0.4) is 0 Å². The largest absolute Gasteiger partial charge is 0.302 e. The maximum Gasteiger partial charge on any atom is 0.0191 e. The quantitative estimate of drug-likeness (QED) is 0.723. The molecular weight excluding hydrogens is 198 g/mol. The van der Waals surface area contributed by atoms with Crippen molar-refractivity contribution in [3.05, 3.63) is 0 Å². The van der Waals surface area contributed by atoms with Crippen LogP contribution in [-0.4, -0.2) is 41.8 Å². The van der Waals surface area contributed by atoms with Crippen molar-refractivity contribution in [2.45, 2.75) is 26.3 Å². The second-order valence-corrected chi connectivity index (χ2v) is 6.22. The number of nitrogens with zero attached hydrogens (tertiary/aromatic N) is 1. The molecule has 1 heterocycles. The van der Waals surface area contributed by atoms with E-state index in [9.17, 15) is 0 Å². The van der Waals surface area contributed by atoms with Crippen molar-refractivity contribution in [1.82, 2.24) is 4.90 Å². The number of rotatable bonds is 4. The molecule has 13 heavy (non-hydrogen) atoms. The Morgan fingerprint density at radius 2 is 2.23 bits per heavy atom. The summed E-state index contributed by atoms with van der Waals surface area (Å²) in [6.45, 7) is 5.75. The van der Waals surface area contributed by atoms with Gasteiger partial charge in [-0.05, 0) is 30.4 Å². The fourth-order valence-electron chi connectivity index (χ4n) is 1.72. The topological polar surface area (TPSA) is 3.24 Å². The second-order valence-electron chi connectivity index (χ2n) is 4.75. The Labute approximate surface area is 92.1 Å². The molecule has 78 valence electrons. The molecular formula is C10H21NS2. The van der Waals surface area contributed by atoms with Gasteiger partial charge in [0, 0.05) is 18.3 Å². The maximum absolute atomic E-state index is 4.39. The standard InChI is InChI=1S/C10H21NS2/c1-10(2,8-12)7-11(3)9-4-5-13-6-9/h9,12H,4-8H2,1-3H3. The van der Waals surface area contributed by atoms with E-state index >= 15 is 0 Å². The summed E-state index contributed by atoms with van der Waals surface area (Å²) in [6.07, 6.45) is 1.36. The van der Waals surface area contributed by atoms with E-state index < -0.39 is 0 Å². The third-order valence-corrected chi connectivity index (χ3v) is 4.64. The average Bonchev–Trinajstić information content (AvgIpc) is 2.55. The lowest BCUT2D eigenvalue weighted by Gasteiger charge is -2.32. The van der Waals surface area contributed by atoms with Gasteiger partial charge in [-0.2, -0.15) is 24.4 Å². The van der Waals surface area contributed by atoms with Crippen LogP contribution < -0.4 is 0 Å². The molecule has 0 N–H and O–H groups in total. The molecule has 1 aliphatic rings. The van der Waals surface area contributed by atoms with Gasteiger partial charge in [-0.3, -0.25) is 0 Å². The molecule has 0 saturated carbocycles. The first-order valence-corrected chi connectivity index (χ1v) is 6.73. The molecule has 1 saturated heterocycles. The summed E-state index contributed by atoms with van der Waals surface area (Å²) in [6, 6.07) is 0.809. The molecule has 3 heteroatoms. The highest BCUT2D eigenvalue weighted by Gasteiger charge is 2.25. The first-order chi connectivity index (χ1) is 6.05. The highest BCUT2D eigenvalue weighted by Crippen LogP contribution is 2.25. The lowest BCUT2D eigenvalue weighted by Crippen LogP contribution is -2.39. The predicted molar refractivity (Wildman–Crippen MR) is 66.0 cm³/mol. The van der Waals surface area contributed by atoms with Crippen molar-refractivity contribution in [3.8, 4) is 0 Å². The summed E-state index contributed by atoms with van der Waals surface area (Å²) in [5, 5.41) is 0. The van der Waals surface area contributed by atoms with E-state index in [1.165, 1.54) is 24.5 Å². The minimum absolute atomic E-state index is 0.352. The van der Waals surface area contributed by atoms with Crippen LogP contribution in [0.1, 0.15) is 20.3 Å². The van der Waals surface area contributed by atoms with E-state index in [0.29, 0.717) is 5.41 Å². The van der Waals surface area contributed by atoms with E-state index in [1.54, 1.807) is 0 Å². The molecule has 0 amide bonds. The Bertz CT molecular complexity index is 153. The lowest BCUT2D eigenvalue weighted by molar-refractivity contribution is 0.187. The SMILES string of the molecule is CN(CC(C)(C)CS)C1CCSC1. The molecule has 0 aliphatic carbocycles. The van der Waals surface area contributed by atoms with Crippen LogP contribution >= 0.6 is 24.4 Å². The van der Waals surface area contributed by atoms with Crippen molar-refractivity contribution in [2.75, 3.05) is 30.9 Å². The van der Waals surface area contributed by atoms with Gasteiger partial charge in [-0.25, -0.2) is 0 Å². The molecule has 0 bridgehead atoms. The number of hydrogen-bond acceptors (Lipinski definition) is 3. The van der Waals surface area contributed by atoms with E-state index in [-0.39, 0.29) is 0 Å². The zero-order chi connectivity index (χ0) is 9.90. The molecule has 1 rings (SSSR count). The van der Waals surface area contributed by atoms with E-state index in [2.05, 4.69) is 50.2 Å². The molecule has 0 aromatic heterocycles. The van der Waals surface area contributed by atoms with Gasteiger partial charge in [0.2, 0.25) is 0 Å². The number of hydrogen-bond donors (Lipinski definition) is 1. The molecule has 1 atom stereocenters. The van der Waals surface area contributed by atoms with E-state index in [4.69, 9.17) is 0 Å². The van der Waals surface area contributed by atoms with Crippen LogP contribution in [0.4, 0.5) is 0 Å². The summed E-state index contributed by atoms with van der Waals surface area (Å²) >= 11 is 6.47. The third kappa shape index (κ3) is 3.72. The van der Waals surface area contributed by atoms with Crippen LogP contribution in [0.25, 0.3) is 0 Å². The predicted octanol–water partition coefficient (Wildman–Crippen LogP) is 2.38. The molecule has 1 nitrogen and oxygen atoms in total. The monoisotopic (exact) mass is 219 g/mol. The Balaban J connectivity index is 2.35. The first kappa shape index (κ1) is 11.7. The lowest BCUT2D eigenvalue weighted by atomic mass is 9.95. The van der Waals surface area contributed by atoms with Gasteiger partial charge in [0.05, 0.1) is 0 Å². The molecule has 0 spiro atoms. The third-order valence-electron chi connectivity index (χ3n) is 2.63. The van der Waals surface area contributed by atoms with Gasteiger partial charge in [-0.1, -0.05) is 13.8 Å². The highest BCUT2D eigenvalue weighted by molar-refractivity contribution is 7.99. The molecule has 1 unspecified atom stereocenters. The minimum Gasteiger partial charge on any atom is -0.302 e. The molecule has 0 aromatic rings. The Kier molecular flexibility index (Phi) is 4.46. The van der Waals surface area contributed by atoms with Gasteiger partial charge < -0.3 is 4.90 Å². The van der Waals surface area contributed by atoms with Crippen LogP contribution in [0.2, 0.25) is 0 Å². The Morgan fingerprint density at radius 3 is 2.69 bits per heavy atom. The van der Waals surface area contributed by atoms with E-state index in [0.717, 1.165) is 11.8 Å². The smallest absolute Gasteiger partial charge is 0.0191 e. The minimum atomic E-state index is 0.352. The van der Waals surface area contributed by atoms with Crippen molar-refractivity contribution in [1.29, 1.82) is 0 Å². The Morgan fingerprint density at radius 1 is 1.54 bits per heavy atom. The number of thioether (sulfide) groups is 1. The van der Waals surface area contributed by atoms with Gasteiger partial charge in [0.25, 0.3) is 0 Å². The van der Waals surface area contributed by atoms with E-state index in [1.807, 2.05) is 0 Å². The fraction of sp³-hybridized carbons (Fsp3) is 1.00. The van der Waals surface area contributed by atoms with Crippen LogP contribution in [-0.2, 0) is 0 Å². The molecule has 0 radical (unpaired) electrons. The Hall–Kier alpha value is 0.660. The normalized spacial score (nSPS) is 24.2. The van der Waals surface area contributed by atoms with Gasteiger partial charge >= 0.3 is 0 Å². The van der Waals surface area contributed by atoms with Crippen LogP contribution in [0, 0.1) is 5.41 Å². The molecule has 1 aliphatic heterocycles. The van der Waals surface area contributed by atoms with Gasteiger partial charge in [-0.15, -0.1) is 0 Å². The first-order valence-electron chi connectivity index (χ1n) is 4.94. The van der Waals surface area contributed by atoms with Gasteiger partial charge in [0.1, 0.15) is 0 Å². The highest BCUT2D eigenvalue weighted by atomic mass is 32.2.